The molecule has 0 aliphatic heterocycles. The van der Waals surface area contributed by atoms with Crippen LogP contribution < -0.4 is 10.1 Å². The normalized spacial score (nSPS) is 11.9. The van der Waals surface area contributed by atoms with E-state index in [9.17, 15) is 9.50 Å². The van der Waals surface area contributed by atoms with Crippen LogP contribution in [0.1, 0.15) is 18.5 Å². The lowest BCUT2D eigenvalue weighted by Crippen LogP contribution is -2.06. The zero-order valence-corrected chi connectivity index (χ0v) is 10.9. The lowest BCUT2D eigenvalue weighted by atomic mass is 10.1. The molecule has 19 heavy (non-hydrogen) atoms. The molecule has 3 nitrogen and oxygen atoms in total. The fourth-order valence-electron chi connectivity index (χ4n) is 1.89. The van der Waals surface area contributed by atoms with Gasteiger partial charge in [0.2, 0.25) is 0 Å². The van der Waals surface area contributed by atoms with Crippen molar-refractivity contribution in [1.82, 2.24) is 0 Å². The third kappa shape index (κ3) is 3.16. The van der Waals surface area contributed by atoms with Gasteiger partial charge in [-0.2, -0.15) is 0 Å². The lowest BCUT2D eigenvalue weighted by molar-refractivity contribution is 0.373. The molecule has 2 rings (SSSR count). The van der Waals surface area contributed by atoms with Crippen LogP contribution in [0.2, 0.25) is 0 Å². The van der Waals surface area contributed by atoms with E-state index in [-0.39, 0.29) is 17.6 Å². The predicted octanol–water partition coefficient (Wildman–Crippen LogP) is 3.71. The number of phenols is 1. The van der Waals surface area contributed by atoms with Gasteiger partial charge >= 0.3 is 0 Å². The third-order valence-electron chi connectivity index (χ3n) is 2.91. The number of hydrogen-bond donors (Lipinski definition) is 2. The minimum atomic E-state index is -0.260. The van der Waals surface area contributed by atoms with E-state index in [2.05, 4.69) is 5.32 Å². The zero-order chi connectivity index (χ0) is 13.8. The van der Waals surface area contributed by atoms with Crippen molar-refractivity contribution in [1.29, 1.82) is 0 Å². The van der Waals surface area contributed by atoms with E-state index in [1.165, 1.54) is 19.2 Å². The zero-order valence-electron chi connectivity index (χ0n) is 10.9. The Balaban J connectivity index is 2.14. The van der Waals surface area contributed by atoms with Gasteiger partial charge in [-0.15, -0.1) is 0 Å². The van der Waals surface area contributed by atoms with Crippen LogP contribution in [0.3, 0.4) is 0 Å². The summed E-state index contributed by atoms with van der Waals surface area (Å²) in [5.41, 5.74) is 1.59. The first-order valence-corrected chi connectivity index (χ1v) is 5.99. The van der Waals surface area contributed by atoms with E-state index in [4.69, 9.17) is 4.74 Å². The molecular weight excluding hydrogens is 245 g/mol. The Labute approximate surface area is 111 Å². The van der Waals surface area contributed by atoms with Crippen LogP contribution in [-0.4, -0.2) is 12.2 Å². The summed E-state index contributed by atoms with van der Waals surface area (Å²) in [4.78, 5) is 0. The van der Waals surface area contributed by atoms with Crippen molar-refractivity contribution in [2.24, 2.45) is 0 Å². The molecule has 2 aromatic carbocycles. The summed E-state index contributed by atoms with van der Waals surface area (Å²) < 4.78 is 18.1. The SMILES string of the molecule is COc1ccc(NC(C)c2cccc(F)c2)cc1O. The molecule has 1 unspecified atom stereocenters. The Bertz CT molecular complexity index is 572. The summed E-state index contributed by atoms with van der Waals surface area (Å²) >= 11 is 0. The number of phenolic OH excluding ortho intramolecular Hbond substituents is 1. The highest BCUT2D eigenvalue weighted by Crippen LogP contribution is 2.30. The van der Waals surface area contributed by atoms with Gasteiger partial charge in [0.05, 0.1) is 7.11 Å². The molecular formula is C15H16FNO2. The van der Waals surface area contributed by atoms with Crippen LogP contribution in [0.5, 0.6) is 11.5 Å². The number of benzene rings is 2. The summed E-state index contributed by atoms with van der Waals surface area (Å²) in [5, 5.41) is 12.9. The molecule has 0 amide bonds. The van der Waals surface area contributed by atoms with Crippen LogP contribution in [0, 0.1) is 5.82 Å². The summed E-state index contributed by atoms with van der Waals surface area (Å²) in [6, 6.07) is 11.4. The highest BCUT2D eigenvalue weighted by Gasteiger charge is 2.08. The maximum Gasteiger partial charge on any atom is 0.160 e. The van der Waals surface area contributed by atoms with Crippen molar-refractivity contribution in [3.8, 4) is 11.5 Å². The van der Waals surface area contributed by atoms with Crippen molar-refractivity contribution in [3.63, 3.8) is 0 Å². The summed E-state index contributed by atoms with van der Waals surface area (Å²) in [6.07, 6.45) is 0. The molecule has 100 valence electrons. The van der Waals surface area contributed by atoms with E-state index in [1.807, 2.05) is 13.0 Å². The summed E-state index contributed by atoms with van der Waals surface area (Å²) in [6.45, 7) is 1.93. The number of anilines is 1. The van der Waals surface area contributed by atoms with Gasteiger partial charge in [0.1, 0.15) is 5.82 Å². The Kier molecular flexibility index (Phi) is 3.90. The Hall–Kier alpha value is -2.23. The van der Waals surface area contributed by atoms with Gasteiger partial charge in [0.25, 0.3) is 0 Å². The topological polar surface area (TPSA) is 41.5 Å². The maximum atomic E-state index is 13.1. The average Bonchev–Trinajstić information content (AvgIpc) is 2.39. The van der Waals surface area contributed by atoms with E-state index in [1.54, 1.807) is 24.3 Å². The third-order valence-corrected chi connectivity index (χ3v) is 2.91. The first-order valence-electron chi connectivity index (χ1n) is 5.99. The molecule has 0 fully saturated rings. The monoisotopic (exact) mass is 261 g/mol. The quantitative estimate of drug-likeness (QED) is 0.881. The molecule has 2 N–H and O–H groups in total. The number of hydrogen-bond acceptors (Lipinski definition) is 3. The second-order valence-corrected chi connectivity index (χ2v) is 4.31. The fraction of sp³-hybridized carbons (Fsp3) is 0.200. The summed E-state index contributed by atoms with van der Waals surface area (Å²) in [7, 11) is 1.50. The molecule has 1 atom stereocenters. The van der Waals surface area contributed by atoms with Crippen molar-refractivity contribution >= 4 is 5.69 Å². The number of rotatable bonds is 4. The van der Waals surface area contributed by atoms with Gasteiger partial charge in [-0.1, -0.05) is 12.1 Å². The molecule has 0 heterocycles. The van der Waals surface area contributed by atoms with Gasteiger partial charge < -0.3 is 15.2 Å². The van der Waals surface area contributed by atoms with Crippen LogP contribution in [0.4, 0.5) is 10.1 Å². The molecule has 0 aliphatic carbocycles. The van der Waals surface area contributed by atoms with Crippen molar-refractivity contribution < 1.29 is 14.2 Å². The largest absolute Gasteiger partial charge is 0.504 e. The number of aromatic hydroxyl groups is 1. The smallest absolute Gasteiger partial charge is 0.160 e. The highest BCUT2D eigenvalue weighted by molar-refractivity contribution is 5.55. The van der Waals surface area contributed by atoms with Gasteiger partial charge in [-0.05, 0) is 36.8 Å². The van der Waals surface area contributed by atoms with Crippen LogP contribution >= 0.6 is 0 Å². The van der Waals surface area contributed by atoms with Crippen LogP contribution in [0.25, 0.3) is 0 Å². The van der Waals surface area contributed by atoms with E-state index in [0.29, 0.717) is 5.75 Å². The second-order valence-electron chi connectivity index (χ2n) is 4.31. The van der Waals surface area contributed by atoms with Crippen LogP contribution in [0.15, 0.2) is 42.5 Å². The Morgan fingerprint density at radius 1 is 1.21 bits per heavy atom. The highest BCUT2D eigenvalue weighted by atomic mass is 19.1. The number of ether oxygens (including phenoxy) is 1. The molecule has 0 saturated carbocycles. The van der Waals surface area contributed by atoms with E-state index in [0.717, 1.165) is 11.3 Å². The minimum Gasteiger partial charge on any atom is -0.504 e. The first-order chi connectivity index (χ1) is 9.10. The molecule has 2 aromatic rings. The van der Waals surface area contributed by atoms with Gasteiger partial charge in [0.15, 0.2) is 11.5 Å². The molecule has 0 spiro atoms. The standard InChI is InChI=1S/C15H16FNO2/c1-10(11-4-3-5-12(16)8-11)17-13-6-7-15(19-2)14(18)9-13/h3-10,17-18H,1-2H3. The number of nitrogens with one attached hydrogen (secondary N) is 1. The van der Waals surface area contributed by atoms with E-state index < -0.39 is 0 Å². The van der Waals surface area contributed by atoms with Crippen LogP contribution in [-0.2, 0) is 0 Å². The second kappa shape index (κ2) is 5.61. The van der Waals surface area contributed by atoms with Gasteiger partial charge in [-0.3, -0.25) is 0 Å². The molecule has 0 radical (unpaired) electrons. The van der Waals surface area contributed by atoms with Gasteiger partial charge in [0, 0.05) is 17.8 Å². The van der Waals surface area contributed by atoms with Crippen molar-refractivity contribution in [2.75, 3.05) is 12.4 Å². The Morgan fingerprint density at radius 2 is 2.00 bits per heavy atom. The predicted molar refractivity (Wildman–Crippen MR) is 73.1 cm³/mol. The molecule has 4 heteroatoms. The Morgan fingerprint density at radius 3 is 2.63 bits per heavy atom. The fourth-order valence-corrected chi connectivity index (χ4v) is 1.89. The summed E-state index contributed by atoms with van der Waals surface area (Å²) in [5.74, 6) is 0.228. The minimum absolute atomic E-state index is 0.0662. The number of methoxy groups -OCH3 is 1. The van der Waals surface area contributed by atoms with E-state index >= 15 is 0 Å². The molecule has 0 aliphatic rings. The lowest BCUT2D eigenvalue weighted by Gasteiger charge is -2.16. The van der Waals surface area contributed by atoms with Crippen molar-refractivity contribution in [2.45, 2.75) is 13.0 Å². The van der Waals surface area contributed by atoms with Crippen molar-refractivity contribution in [3.05, 3.63) is 53.8 Å². The maximum absolute atomic E-state index is 13.1. The molecule has 0 saturated heterocycles. The van der Waals surface area contributed by atoms with Gasteiger partial charge in [-0.25, -0.2) is 4.39 Å². The number of halogens is 1. The average molecular weight is 261 g/mol. The molecule has 0 bridgehead atoms. The molecule has 0 aromatic heterocycles. The first kappa shape index (κ1) is 13.2.